The highest BCUT2D eigenvalue weighted by atomic mass is 19.1. The third-order valence-corrected chi connectivity index (χ3v) is 1.42. The highest BCUT2D eigenvalue weighted by Gasteiger charge is 1.87. The average molecular weight is 184 g/mol. The number of hydrogen-bond acceptors (Lipinski definition) is 0. The predicted molar refractivity (Wildman–Crippen MR) is 59.4 cm³/mol. The number of halogens is 1. The fourth-order valence-corrected chi connectivity index (χ4v) is 0.779. The van der Waals surface area contributed by atoms with Crippen molar-refractivity contribution in [3.05, 3.63) is 35.7 Å². The zero-order chi connectivity index (χ0) is 10.9. The minimum atomic E-state index is -0.386. The molecule has 0 aliphatic rings. The summed E-state index contributed by atoms with van der Waals surface area (Å²) < 4.78 is 12.2. The fraction of sp³-hybridized carbons (Fsp3) is 0.500. The smallest absolute Gasteiger partial charge is 0.116 e. The van der Waals surface area contributed by atoms with Gasteiger partial charge in [0, 0.05) is 0 Å². The molecule has 0 atom stereocenters. The summed E-state index contributed by atoms with van der Waals surface area (Å²) in [6, 6.07) is 0. The fourth-order valence-electron chi connectivity index (χ4n) is 0.779. The Bertz CT molecular complexity index is 197. The second-order valence-electron chi connectivity index (χ2n) is 2.68. The molecule has 0 amide bonds. The summed E-state index contributed by atoms with van der Waals surface area (Å²) in [5.41, 5.74) is 2.16. The summed E-state index contributed by atoms with van der Waals surface area (Å²) in [7, 11) is 0. The molecule has 0 fully saturated rings. The van der Waals surface area contributed by atoms with Gasteiger partial charge in [0.25, 0.3) is 0 Å². The maximum Gasteiger partial charge on any atom is 0.116 e. The van der Waals surface area contributed by atoms with Gasteiger partial charge >= 0.3 is 0 Å². The minimum Gasteiger partial charge on any atom is -0.208 e. The number of allylic oxidation sites excluding steroid dienone is 5. The molecular formula is C12H21F. The van der Waals surface area contributed by atoms with E-state index in [1.54, 1.807) is 0 Å². The van der Waals surface area contributed by atoms with Crippen molar-refractivity contribution < 1.29 is 4.39 Å². The van der Waals surface area contributed by atoms with E-state index in [2.05, 4.69) is 13.5 Å². The van der Waals surface area contributed by atoms with E-state index in [9.17, 15) is 4.39 Å². The van der Waals surface area contributed by atoms with Gasteiger partial charge in [0.05, 0.1) is 0 Å². The van der Waals surface area contributed by atoms with Crippen LogP contribution in [0.4, 0.5) is 4.39 Å². The van der Waals surface area contributed by atoms with E-state index < -0.39 is 0 Å². The summed E-state index contributed by atoms with van der Waals surface area (Å²) in [5, 5.41) is 0. The van der Waals surface area contributed by atoms with Gasteiger partial charge < -0.3 is 0 Å². The zero-order valence-electron chi connectivity index (χ0n) is 9.45. The molecule has 0 radical (unpaired) electrons. The molecule has 0 aliphatic carbocycles. The van der Waals surface area contributed by atoms with Gasteiger partial charge in [0.2, 0.25) is 0 Å². The van der Waals surface area contributed by atoms with Gasteiger partial charge in [-0.05, 0) is 31.9 Å². The molecule has 0 bridgehead atoms. The van der Waals surface area contributed by atoms with Crippen molar-refractivity contribution in [3.63, 3.8) is 0 Å². The van der Waals surface area contributed by atoms with Crippen LogP contribution in [-0.2, 0) is 0 Å². The molecule has 0 aliphatic heterocycles. The van der Waals surface area contributed by atoms with Crippen molar-refractivity contribution in [3.8, 4) is 0 Å². The number of hydrogen-bond donors (Lipinski definition) is 0. The van der Waals surface area contributed by atoms with E-state index in [1.807, 2.05) is 33.8 Å². The van der Waals surface area contributed by atoms with Gasteiger partial charge in [-0.3, -0.25) is 0 Å². The Morgan fingerprint density at radius 2 is 1.69 bits per heavy atom. The van der Waals surface area contributed by atoms with Crippen molar-refractivity contribution >= 4 is 0 Å². The molecule has 0 unspecified atom stereocenters. The Morgan fingerprint density at radius 3 is 2.00 bits per heavy atom. The molecule has 0 aromatic carbocycles. The summed E-state index contributed by atoms with van der Waals surface area (Å²) in [6.07, 6.45) is 4.40. The summed E-state index contributed by atoms with van der Waals surface area (Å²) >= 11 is 0. The van der Waals surface area contributed by atoms with Crippen molar-refractivity contribution in [1.29, 1.82) is 0 Å². The van der Waals surface area contributed by atoms with Gasteiger partial charge in [0.1, 0.15) is 5.83 Å². The van der Waals surface area contributed by atoms with Crippen LogP contribution >= 0.6 is 0 Å². The minimum absolute atomic E-state index is 0.386. The molecule has 0 heterocycles. The Labute approximate surface area is 81.9 Å². The molecule has 0 nitrogen and oxygen atoms in total. The van der Waals surface area contributed by atoms with Crippen LogP contribution in [0.3, 0.4) is 0 Å². The monoisotopic (exact) mass is 184 g/mol. The Morgan fingerprint density at radius 1 is 1.23 bits per heavy atom. The molecule has 0 N–H and O–H groups in total. The van der Waals surface area contributed by atoms with Gasteiger partial charge in [-0.2, -0.15) is 0 Å². The van der Waals surface area contributed by atoms with Gasteiger partial charge in [0.15, 0.2) is 0 Å². The van der Waals surface area contributed by atoms with Gasteiger partial charge in [-0.15, -0.1) is 0 Å². The van der Waals surface area contributed by atoms with E-state index in [1.165, 1.54) is 11.6 Å². The highest BCUT2D eigenvalue weighted by molar-refractivity contribution is 5.26. The maximum absolute atomic E-state index is 12.2. The molecule has 76 valence electrons. The quantitative estimate of drug-likeness (QED) is 0.553. The molecule has 0 spiro atoms. The summed E-state index contributed by atoms with van der Waals surface area (Å²) in [5.74, 6) is -0.386. The normalized spacial score (nSPS) is 11.8. The van der Waals surface area contributed by atoms with Crippen LogP contribution in [0.25, 0.3) is 0 Å². The molecular weight excluding hydrogens is 163 g/mol. The van der Waals surface area contributed by atoms with E-state index in [0.29, 0.717) is 0 Å². The van der Waals surface area contributed by atoms with E-state index in [0.717, 1.165) is 12.0 Å². The Kier molecular flexibility index (Phi) is 10.4. The second-order valence-corrected chi connectivity index (χ2v) is 2.68. The summed E-state index contributed by atoms with van der Waals surface area (Å²) in [4.78, 5) is 0. The van der Waals surface area contributed by atoms with E-state index in [4.69, 9.17) is 0 Å². The third kappa shape index (κ3) is 11.1. The first kappa shape index (κ1) is 14.7. The maximum atomic E-state index is 12.2. The Balaban J connectivity index is 0. The van der Waals surface area contributed by atoms with Crippen LogP contribution < -0.4 is 0 Å². The molecule has 0 saturated heterocycles. The lowest BCUT2D eigenvalue weighted by molar-refractivity contribution is 0.670. The van der Waals surface area contributed by atoms with Crippen LogP contribution in [0.1, 0.15) is 41.0 Å². The molecule has 13 heavy (non-hydrogen) atoms. The topological polar surface area (TPSA) is 0 Å². The molecule has 1 heteroatoms. The second kappa shape index (κ2) is 9.24. The lowest BCUT2D eigenvalue weighted by Gasteiger charge is -1.95. The van der Waals surface area contributed by atoms with E-state index in [-0.39, 0.29) is 5.83 Å². The van der Waals surface area contributed by atoms with Crippen LogP contribution in [0, 0.1) is 0 Å². The van der Waals surface area contributed by atoms with Gasteiger partial charge in [-0.25, -0.2) is 4.39 Å². The van der Waals surface area contributed by atoms with Crippen LogP contribution in [-0.4, -0.2) is 0 Å². The van der Waals surface area contributed by atoms with Crippen LogP contribution in [0.15, 0.2) is 35.7 Å². The van der Waals surface area contributed by atoms with E-state index >= 15 is 0 Å². The largest absolute Gasteiger partial charge is 0.208 e. The first-order valence-electron chi connectivity index (χ1n) is 4.76. The Hall–Kier alpha value is -0.850. The van der Waals surface area contributed by atoms with Crippen molar-refractivity contribution in [2.45, 2.75) is 41.0 Å². The van der Waals surface area contributed by atoms with Crippen molar-refractivity contribution in [1.82, 2.24) is 0 Å². The molecule has 0 saturated carbocycles. The first-order chi connectivity index (χ1) is 6.06. The molecule has 0 aromatic heterocycles. The van der Waals surface area contributed by atoms with Crippen molar-refractivity contribution in [2.24, 2.45) is 0 Å². The van der Waals surface area contributed by atoms with Crippen LogP contribution in [0.2, 0.25) is 0 Å². The summed E-state index contributed by atoms with van der Waals surface area (Å²) in [6.45, 7) is 13.1. The van der Waals surface area contributed by atoms with Gasteiger partial charge in [-0.1, -0.05) is 39.0 Å². The third-order valence-electron chi connectivity index (χ3n) is 1.42. The average Bonchev–Trinajstić information content (AvgIpc) is 2.06. The van der Waals surface area contributed by atoms with Crippen LogP contribution in [0.5, 0.6) is 0 Å². The van der Waals surface area contributed by atoms with Crippen molar-refractivity contribution in [2.75, 3.05) is 0 Å². The SMILES string of the molecule is C=C(F)/C=C(C)/C=C(\C)CC.CC. The zero-order valence-corrected chi connectivity index (χ0v) is 9.45. The first-order valence-corrected chi connectivity index (χ1v) is 4.76. The molecule has 0 rings (SSSR count). The predicted octanol–water partition coefficient (Wildman–Crippen LogP) is 4.80. The lowest BCUT2D eigenvalue weighted by Crippen LogP contribution is -1.74. The number of rotatable bonds is 3. The highest BCUT2D eigenvalue weighted by Crippen LogP contribution is 2.07. The molecule has 0 aromatic rings. The standard InChI is InChI=1S/C10H15F.C2H6/c1-5-8(2)6-9(3)7-10(4)11;1-2/h6-7H,4-5H2,1-3H3;1-2H3/b8-6+,9-7+;. The lowest BCUT2D eigenvalue weighted by atomic mass is 10.1.